The van der Waals surface area contributed by atoms with Gasteiger partial charge in [0.25, 0.3) is 0 Å². The van der Waals surface area contributed by atoms with Gasteiger partial charge in [-0.05, 0) is 12.8 Å². The fourth-order valence-electron chi connectivity index (χ4n) is 2.12. The Hall–Kier alpha value is -1.12. The number of carbonyl (C=O) groups is 2. The molecule has 1 fully saturated rings. The van der Waals surface area contributed by atoms with Crippen molar-refractivity contribution in [1.82, 2.24) is 4.90 Å². The van der Waals surface area contributed by atoms with Gasteiger partial charge < -0.3 is 0 Å². The molecule has 1 saturated heterocycles. The summed E-state index contributed by atoms with van der Waals surface area (Å²) < 4.78 is 0. The molecule has 0 aliphatic carbocycles. The molecule has 84 valence electrons. The highest BCUT2D eigenvalue weighted by atomic mass is 16.2. The van der Waals surface area contributed by atoms with E-state index in [-0.39, 0.29) is 23.7 Å². The Bertz CT molecular complexity index is 273. The fourth-order valence-corrected chi connectivity index (χ4v) is 2.12. The van der Waals surface area contributed by atoms with Gasteiger partial charge in [-0.1, -0.05) is 26.3 Å². The molecule has 15 heavy (non-hydrogen) atoms. The monoisotopic (exact) mass is 209 g/mol. The predicted octanol–water partition coefficient (Wildman–Crippen LogP) is 1.98. The number of hydrogen-bond acceptors (Lipinski definition) is 2. The summed E-state index contributed by atoms with van der Waals surface area (Å²) in [5.41, 5.74) is 0. The number of likely N-dealkylation sites (tertiary alicyclic amines) is 1. The van der Waals surface area contributed by atoms with Crippen molar-refractivity contribution in [3.05, 3.63) is 12.7 Å². The normalized spacial score (nSPS) is 26.9. The Morgan fingerprint density at radius 1 is 1.47 bits per heavy atom. The van der Waals surface area contributed by atoms with E-state index < -0.39 is 0 Å². The van der Waals surface area contributed by atoms with Gasteiger partial charge in [0.15, 0.2) is 0 Å². The van der Waals surface area contributed by atoms with E-state index in [1.807, 2.05) is 6.92 Å². The standard InChI is InChI=1S/C12H19NO2/c1-4-6-10-8-9(3)11(14)13(7-5-2)12(10)15/h5,9-10H,2,4,6-8H2,1,3H3/t9-,10-/m0/s1. The number of imide groups is 1. The van der Waals surface area contributed by atoms with Crippen molar-refractivity contribution in [3.63, 3.8) is 0 Å². The molecule has 2 amide bonds. The maximum absolute atomic E-state index is 11.9. The Morgan fingerprint density at radius 2 is 2.13 bits per heavy atom. The first-order valence-corrected chi connectivity index (χ1v) is 5.57. The predicted molar refractivity (Wildman–Crippen MR) is 59.1 cm³/mol. The summed E-state index contributed by atoms with van der Waals surface area (Å²) in [6.07, 6.45) is 4.18. The van der Waals surface area contributed by atoms with E-state index in [9.17, 15) is 9.59 Å². The van der Waals surface area contributed by atoms with Crippen LogP contribution in [0.5, 0.6) is 0 Å². The summed E-state index contributed by atoms with van der Waals surface area (Å²) in [6.45, 7) is 7.88. The van der Waals surface area contributed by atoms with E-state index >= 15 is 0 Å². The number of carbonyl (C=O) groups excluding carboxylic acids is 2. The average Bonchev–Trinajstić information content (AvgIpc) is 2.21. The number of rotatable bonds is 4. The third-order valence-electron chi connectivity index (χ3n) is 2.89. The van der Waals surface area contributed by atoms with Gasteiger partial charge in [0, 0.05) is 18.4 Å². The van der Waals surface area contributed by atoms with Crippen molar-refractivity contribution >= 4 is 11.8 Å². The number of nitrogens with zero attached hydrogens (tertiary/aromatic N) is 1. The lowest BCUT2D eigenvalue weighted by Gasteiger charge is -2.33. The molecule has 2 atom stereocenters. The molecule has 0 N–H and O–H groups in total. The van der Waals surface area contributed by atoms with Crippen LogP contribution in [0.4, 0.5) is 0 Å². The van der Waals surface area contributed by atoms with Gasteiger partial charge in [0.1, 0.15) is 0 Å². The molecular formula is C12H19NO2. The second-order valence-electron chi connectivity index (χ2n) is 4.20. The first kappa shape index (κ1) is 12.0. The van der Waals surface area contributed by atoms with Crippen LogP contribution in [0.2, 0.25) is 0 Å². The second-order valence-corrected chi connectivity index (χ2v) is 4.20. The van der Waals surface area contributed by atoms with Gasteiger partial charge in [-0.25, -0.2) is 0 Å². The zero-order valence-corrected chi connectivity index (χ0v) is 9.53. The number of hydrogen-bond donors (Lipinski definition) is 0. The van der Waals surface area contributed by atoms with Crippen LogP contribution in [-0.2, 0) is 9.59 Å². The van der Waals surface area contributed by atoms with E-state index in [0.29, 0.717) is 13.0 Å². The molecule has 0 aromatic heterocycles. The lowest BCUT2D eigenvalue weighted by molar-refractivity contribution is -0.154. The summed E-state index contributed by atoms with van der Waals surface area (Å²) in [6, 6.07) is 0. The van der Waals surface area contributed by atoms with Crippen molar-refractivity contribution in [2.45, 2.75) is 33.1 Å². The third kappa shape index (κ3) is 2.46. The first-order valence-electron chi connectivity index (χ1n) is 5.57. The minimum absolute atomic E-state index is 0.0140. The Morgan fingerprint density at radius 3 is 2.67 bits per heavy atom. The maximum atomic E-state index is 11.9. The molecule has 0 unspecified atom stereocenters. The summed E-state index contributed by atoms with van der Waals surface area (Å²) >= 11 is 0. The highest BCUT2D eigenvalue weighted by Gasteiger charge is 2.37. The molecule has 1 aliphatic rings. The molecule has 0 aromatic rings. The minimum atomic E-state index is -0.0488. The molecule has 0 saturated carbocycles. The lowest BCUT2D eigenvalue weighted by atomic mass is 9.86. The van der Waals surface area contributed by atoms with Crippen LogP contribution in [-0.4, -0.2) is 23.3 Å². The van der Waals surface area contributed by atoms with Crippen LogP contribution in [0.15, 0.2) is 12.7 Å². The Labute approximate surface area is 91.1 Å². The summed E-state index contributed by atoms with van der Waals surface area (Å²) in [4.78, 5) is 25.0. The molecule has 1 aliphatic heterocycles. The van der Waals surface area contributed by atoms with Gasteiger partial charge in [-0.3, -0.25) is 14.5 Å². The van der Waals surface area contributed by atoms with E-state index in [0.717, 1.165) is 12.8 Å². The molecule has 0 bridgehead atoms. The van der Waals surface area contributed by atoms with Crippen LogP contribution >= 0.6 is 0 Å². The van der Waals surface area contributed by atoms with Crippen LogP contribution in [0.3, 0.4) is 0 Å². The maximum Gasteiger partial charge on any atom is 0.232 e. The van der Waals surface area contributed by atoms with E-state index in [1.54, 1.807) is 6.08 Å². The summed E-state index contributed by atoms with van der Waals surface area (Å²) in [5.74, 6) is -0.0612. The Balaban J connectivity index is 2.78. The highest BCUT2D eigenvalue weighted by Crippen LogP contribution is 2.27. The van der Waals surface area contributed by atoms with E-state index in [4.69, 9.17) is 0 Å². The SMILES string of the molecule is C=CCN1C(=O)[C@@H](CCC)C[C@H](C)C1=O. The second kappa shape index (κ2) is 5.10. The molecule has 1 heterocycles. The first-order chi connectivity index (χ1) is 7.11. The largest absolute Gasteiger partial charge is 0.278 e. The van der Waals surface area contributed by atoms with E-state index in [1.165, 1.54) is 4.90 Å². The van der Waals surface area contributed by atoms with Crippen molar-refractivity contribution < 1.29 is 9.59 Å². The Kier molecular flexibility index (Phi) is 4.06. The summed E-state index contributed by atoms with van der Waals surface area (Å²) in [7, 11) is 0. The fraction of sp³-hybridized carbons (Fsp3) is 0.667. The van der Waals surface area contributed by atoms with Crippen molar-refractivity contribution in [2.75, 3.05) is 6.54 Å². The molecule has 3 nitrogen and oxygen atoms in total. The van der Waals surface area contributed by atoms with Gasteiger partial charge >= 0.3 is 0 Å². The number of piperidine rings is 1. The smallest absolute Gasteiger partial charge is 0.232 e. The molecule has 0 radical (unpaired) electrons. The molecular weight excluding hydrogens is 190 g/mol. The topological polar surface area (TPSA) is 37.4 Å². The van der Waals surface area contributed by atoms with Gasteiger partial charge in [-0.15, -0.1) is 6.58 Å². The van der Waals surface area contributed by atoms with Gasteiger partial charge in [0.05, 0.1) is 0 Å². The van der Waals surface area contributed by atoms with Gasteiger partial charge in [-0.2, -0.15) is 0 Å². The minimum Gasteiger partial charge on any atom is -0.278 e. The number of amides is 2. The van der Waals surface area contributed by atoms with E-state index in [2.05, 4.69) is 13.5 Å². The third-order valence-corrected chi connectivity index (χ3v) is 2.89. The van der Waals surface area contributed by atoms with Gasteiger partial charge in [0.2, 0.25) is 11.8 Å². The molecule has 0 spiro atoms. The lowest BCUT2D eigenvalue weighted by Crippen LogP contribution is -2.48. The average molecular weight is 209 g/mol. The molecule has 1 rings (SSSR count). The summed E-state index contributed by atoms with van der Waals surface area (Å²) in [5, 5.41) is 0. The molecule has 0 aromatic carbocycles. The van der Waals surface area contributed by atoms with Crippen LogP contribution in [0.25, 0.3) is 0 Å². The van der Waals surface area contributed by atoms with Crippen molar-refractivity contribution in [2.24, 2.45) is 11.8 Å². The zero-order valence-electron chi connectivity index (χ0n) is 9.53. The van der Waals surface area contributed by atoms with Crippen LogP contribution in [0.1, 0.15) is 33.1 Å². The van der Waals surface area contributed by atoms with Crippen LogP contribution < -0.4 is 0 Å². The highest BCUT2D eigenvalue weighted by molar-refractivity contribution is 5.99. The quantitative estimate of drug-likeness (QED) is 0.524. The molecule has 3 heteroatoms. The zero-order chi connectivity index (χ0) is 11.4. The van der Waals surface area contributed by atoms with Crippen molar-refractivity contribution in [3.8, 4) is 0 Å². The van der Waals surface area contributed by atoms with Crippen LogP contribution in [0, 0.1) is 11.8 Å². The van der Waals surface area contributed by atoms with Crippen molar-refractivity contribution in [1.29, 1.82) is 0 Å².